The zero-order valence-corrected chi connectivity index (χ0v) is 11.6. The Hall–Kier alpha value is -2.89. The van der Waals surface area contributed by atoms with Gasteiger partial charge in [0.2, 0.25) is 0 Å². The zero-order valence-electron chi connectivity index (χ0n) is 11.6. The Morgan fingerprint density at radius 1 is 1.10 bits per heavy atom. The van der Waals surface area contributed by atoms with Gasteiger partial charge in [-0.1, -0.05) is 30.3 Å². The van der Waals surface area contributed by atoms with Crippen molar-refractivity contribution in [2.45, 2.75) is 0 Å². The smallest absolute Gasteiger partial charge is 0.359 e. The first-order valence-corrected chi connectivity index (χ1v) is 6.14. The highest BCUT2D eigenvalue weighted by atomic mass is 16.5. The van der Waals surface area contributed by atoms with Crippen LogP contribution >= 0.6 is 0 Å². The predicted molar refractivity (Wildman–Crippen MR) is 76.6 cm³/mol. The highest BCUT2D eigenvalue weighted by Gasteiger charge is 2.24. The first-order valence-electron chi connectivity index (χ1n) is 6.14. The van der Waals surface area contributed by atoms with E-state index in [1.54, 1.807) is 12.3 Å². The highest BCUT2D eigenvalue weighted by molar-refractivity contribution is 6.01. The molecule has 0 bridgehead atoms. The average Bonchev–Trinajstić information content (AvgIpc) is 2.96. The Labute approximate surface area is 121 Å². The van der Waals surface area contributed by atoms with Crippen LogP contribution in [-0.4, -0.2) is 35.7 Å². The second kappa shape index (κ2) is 6.51. The van der Waals surface area contributed by atoms with Crippen molar-refractivity contribution in [1.82, 2.24) is 9.55 Å². The summed E-state index contributed by atoms with van der Waals surface area (Å²) < 4.78 is 10.7. The fourth-order valence-electron chi connectivity index (χ4n) is 1.75. The standard InChI is InChI=1S/C15H14N2O4/c1-20-14(18)12-13(15(19)21-2)17(10-16-12)9-8-11-6-4-3-5-7-11/h3-10H,1-2H3/b9-8+. The van der Waals surface area contributed by atoms with Crippen molar-refractivity contribution in [3.8, 4) is 0 Å². The second-order valence-corrected chi connectivity index (χ2v) is 4.06. The van der Waals surface area contributed by atoms with Gasteiger partial charge in [0, 0.05) is 6.20 Å². The van der Waals surface area contributed by atoms with Crippen molar-refractivity contribution in [3.05, 3.63) is 53.6 Å². The van der Waals surface area contributed by atoms with Crippen molar-refractivity contribution < 1.29 is 19.1 Å². The summed E-state index contributed by atoms with van der Waals surface area (Å²) in [6.07, 6.45) is 4.77. The summed E-state index contributed by atoms with van der Waals surface area (Å²) in [7, 11) is 2.46. The molecular formula is C15H14N2O4. The maximum absolute atomic E-state index is 11.8. The molecule has 2 aromatic rings. The van der Waals surface area contributed by atoms with Crippen LogP contribution in [0.4, 0.5) is 0 Å². The van der Waals surface area contributed by atoms with Crippen LogP contribution < -0.4 is 0 Å². The Balaban J connectivity index is 2.40. The van der Waals surface area contributed by atoms with Gasteiger partial charge in [-0.2, -0.15) is 0 Å². The van der Waals surface area contributed by atoms with Crippen LogP contribution in [0.5, 0.6) is 0 Å². The normalized spacial score (nSPS) is 10.6. The largest absolute Gasteiger partial charge is 0.464 e. The topological polar surface area (TPSA) is 70.4 Å². The zero-order chi connectivity index (χ0) is 15.2. The van der Waals surface area contributed by atoms with E-state index in [1.807, 2.05) is 30.3 Å². The molecule has 0 saturated heterocycles. The van der Waals surface area contributed by atoms with E-state index in [0.29, 0.717) is 0 Å². The average molecular weight is 286 g/mol. The van der Waals surface area contributed by atoms with Crippen LogP contribution in [-0.2, 0) is 9.47 Å². The van der Waals surface area contributed by atoms with Crippen molar-refractivity contribution in [3.63, 3.8) is 0 Å². The monoisotopic (exact) mass is 286 g/mol. The van der Waals surface area contributed by atoms with Gasteiger partial charge in [0.25, 0.3) is 0 Å². The summed E-state index contributed by atoms with van der Waals surface area (Å²) in [6, 6.07) is 9.52. The number of carbonyl (C=O) groups is 2. The molecule has 1 heterocycles. The number of rotatable bonds is 4. The first kappa shape index (κ1) is 14.5. The molecule has 21 heavy (non-hydrogen) atoms. The number of imidazole rings is 1. The van der Waals surface area contributed by atoms with E-state index in [-0.39, 0.29) is 11.4 Å². The van der Waals surface area contributed by atoms with Crippen LogP contribution in [0.25, 0.3) is 12.3 Å². The number of hydrogen-bond donors (Lipinski definition) is 0. The van der Waals surface area contributed by atoms with Gasteiger partial charge >= 0.3 is 11.9 Å². The molecule has 1 aromatic heterocycles. The molecule has 0 amide bonds. The summed E-state index contributed by atoms with van der Waals surface area (Å²) >= 11 is 0. The van der Waals surface area contributed by atoms with E-state index in [1.165, 1.54) is 25.1 Å². The third-order valence-corrected chi connectivity index (χ3v) is 2.78. The SMILES string of the molecule is COC(=O)c1ncn(/C=C/c2ccccc2)c1C(=O)OC. The molecular weight excluding hydrogens is 272 g/mol. The predicted octanol–water partition coefficient (Wildman–Crippen LogP) is 2.08. The van der Waals surface area contributed by atoms with Gasteiger partial charge in [0.15, 0.2) is 11.4 Å². The highest BCUT2D eigenvalue weighted by Crippen LogP contribution is 2.12. The lowest BCUT2D eigenvalue weighted by atomic mass is 10.2. The third-order valence-electron chi connectivity index (χ3n) is 2.78. The van der Waals surface area contributed by atoms with Crippen LogP contribution in [0, 0.1) is 0 Å². The number of esters is 2. The summed E-state index contributed by atoms with van der Waals surface area (Å²) in [6.45, 7) is 0. The van der Waals surface area contributed by atoms with Crippen molar-refractivity contribution in [1.29, 1.82) is 0 Å². The lowest BCUT2D eigenvalue weighted by Gasteiger charge is -2.03. The number of benzene rings is 1. The number of nitrogens with zero attached hydrogens (tertiary/aromatic N) is 2. The Morgan fingerprint density at radius 3 is 2.38 bits per heavy atom. The minimum absolute atomic E-state index is 0.0246. The Bertz CT molecular complexity index is 674. The molecule has 6 heteroatoms. The summed E-state index contributed by atoms with van der Waals surface area (Å²) in [4.78, 5) is 27.3. The minimum Gasteiger partial charge on any atom is -0.464 e. The van der Waals surface area contributed by atoms with Gasteiger partial charge in [-0.05, 0) is 11.6 Å². The lowest BCUT2D eigenvalue weighted by Crippen LogP contribution is -2.14. The molecule has 0 unspecified atom stereocenters. The van der Waals surface area contributed by atoms with Crippen molar-refractivity contribution in [2.75, 3.05) is 14.2 Å². The van der Waals surface area contributed by atoms with Gasteiger partial charge < -0.3 is 9.47 Å². The van der Waals surface area contributed by atoms with Crippen LogP contribution in [0.2, 0.25) is 0 Å². The molecule has 0 aliphatic carbocycles. The molecule has 0 N–H and O–H groups in total. The Morgan fingerprint density at radius 2 is 1.76 bits per heavy atom. The van der Waals surface area contributed by atoms with E-state index < -0.39 is 11.9 Å². The quantitative estimate of drug-likeness (QED) is 0.805. The van der Waals surface area contributed by atoms with Crippen LogP contribution in [0.15, 0.2) is 36.7 Å². The number of aromatic nitrogens is 2. The second-order valence-electron chi connectivity index (χ2n) is 4.06. The molecule has 0 radical (unpaired) electrons. The molecule has 0 saturated carbocycles. The third kappa shape index (κ3) is 3.17. The molecule has 0 aliphatic rings. The van der Waals surface area contributed by atoms with E-state index >= 15 is 0 Å². The Kier molecular flexibility index (Phi) is 4.50. The van der Waals surface area contributed by atoms with Gasteiger partial charge in [-0.3, -0.25) is 4.57 Å². The lowest BCUT2D eigenvalue weighted by molar-refractivity contribution is 0.0546. The first-order chi connectivity index (χ1) is 10.2. The van der Waals surface area contributed by atoms with E-state index in [4.69, 9.17) is 0 Å². The number of ether oxygens (including phenoxy) is 2. The fraction of sp³-hybridized carbons (Fsp3) is 0.133. The maximum atomic E-state index is 11.8. The van der Waals surface area contributed by atoms with Crippen LogP contribution in [0.3, 0.4) is 0 Å². The molecule has 108 valence electrons. The van der Waals surface area contributed by atoms with Gasteiger partial charge in [0.05, 0.1) is 14.2 Å². The molecule has 2 rings (SSSR count). The molecule has 1 aromatic carbocycles. The van der Waals surface area contributed by atoms with Crippen molar-refractivity contribution in [2.24, 2.45) is 0 Å². The summed E-state index contributed by atoms with van der Waals surface area (Å²) in [5.41, 5.74) is 0.889. The van der Waals surface area contributed by atoms with Crippen LogP contribution in [0.1, 0.15) is 26.5 Å². The van der Waals surface area contributed by atoms with Gasteiger partial charge in [-0.25, -0.2) is 14.6 Å². The van der Waals surface area contributed by atoms with E-state index in [0.717, 1.165) is 5.56 Å². The molecule has 6 nitrogen and oxygen atoms in total. The van der Waals surface area contributed by atoms with E-state index in [9.17, 15) is 9.59 Å². The molecule has 0 atom stereocenters. The fourth-order valence-corrected chi connectivity index (χ4v) is 1.75. The molecule has 0 fully saturated rings. The van der Waals surface area contributed by atoms with E-state index in [2.05, 4.69) is 14.5 Å². The summed E-state index contributed by atoms with van der Waals surface area (Å²) in [5.74, 6) is -1.35. The molecule has 0 spiro atoms. The molecule has 0 aliphatic heterocycles. The van der Waals surface area contributed by atoms with Crippen molar-refractivity contribution >= 4 is 24.2 Å². The van der Waals surface area contributed by atoms with Gasteiger partial charge in [0.1, 0.15) is 6.33 Å². The number of hydrogen-bond acceptors (Lipinski definition) is 5. The maximum Gasteiger partial charge on any atom is 0.359 e. The number of carbonyl (C=O) groups excluding carboxylic acids is 2. The minimum atomic E-state index is -0.692. The van der Waals surface area contributed by atoms with Gasteiger partial charge in [-0.15, -0.1) is 0 Å². The summed E-state index contributed by atoms with van der Waals surface area (Å²) in [5, 5.41) is 0. The number of methoxy groups -OCH3 is 2.